The second-order valence-electron chi connectivity index (χ2n) is 9.70. The number of carbonyl (C=O) groups excluding carboxylic acids is 2. The number of methoxy groups -OCH3 is 1. The first-order chi connectivity index (χ1) is 18.7. The smallest absolute Gasteiger partial charge is 0.410 e. The van der Waals surface area contributed by atoms with Crippen molar-refractivity contribution in [3.63, 3.8) is 0 Å². The monoisotopic (exact) mass is 535 g/mol. The predicted octanol–water partition coefficient (Wildman–Crippen LogP) is 7.25. The van der Waals surface area contributed by atoms with Crippen LogP contribution in [0.15, 0.2) is 61.8 Å². The number of hydrogen-bond acceptors (Lipinski definition) is 7. The van der Waals surface area contributed by atoms with Crippen LogP contribution in [0.25, 0.3) is 17.0 Å². The summed E-state index contributed by atoms with van der Waals surface area (Å²) in [7, 11) is 1.27. The molecule has 0 saturated heterocycles. The Hall–Kier alpha value is -4.07. The average molecular weight is 536 g/mol. The van der Waals surface area contributed by atoms with E-state index in [1.165, 1.54) is 44.2 Å². The van der Waals surface area contributed by atoms with E-state index in [4.69, 9.17) is 8.83 Å². The van der Waals surface area contributed by atoms with Crippen molar-refractivity contribution in [2.24, 2.45) is 0 Å². The lowest BCUT2D eigenvalue weighted by Crippen LogP contribution is -2.16. The van der Waals surface area contributed by atoms with Crippen LogP contribution in [0.3, 0.4) is 0 Å². The molecule has 0 fully saturated rings. The first-order valence-electron chi connectivity index (χ1n) is 13.4. The first kappa shape index (κ1) is 29.5. The Balaban J connectivity index is 1.69. The number of nitrogens with one attached hydrogen (secondary N) is 1. The number of aromatic hydroxyl groups is 1. The van der Waals surface area contributed by atoms with E-state index >= 15 is 0 Å². The fourth-order valence-electron chi connectivity index (χ4n) is 4.28. The summed E-state index contributed by atoms with van der Waals surface area (Å²) in [5.41, 5.74) is 0.895. The molecule has 0 saturated carbocycles. The van der Waals surface area contributed by atoms with Gasteiger partial charge in [-0.3, -0.25) is 10.1 Å². The number of amides is 1. The highest BCUT2D eigenvalue weighted by atomic mass is 16.5. The Morgan fingerprint density at radius 3 is 2.64 bits per heavy atom. The summed E-state index contributed by atoms with van der Waals surface area (Å²) < 4.78 is 15.7. The summed E-state index contributed by atoms with van der Waals surface area (Å²) in [5.74, 6) is -0.504. The Morgan fingerprint density at radius 2 is 1.92 bits per heavy atom. The van der Waals surface area contributed by atoms with Gasteiger partial charge in [0, 0.05) is 29.1 Å². The summed E-state index contributed by atoms with van der Waals surface area (Å²) in [6.45, 7) is 5.60. The molecular weight excluding hydrogens is 498 g/mol. The Kier molecular flexibility index (Phi) is 10.7. The van der Waals surface area contributed by atoms with Gasteiger partial charge in [0.2, 0.25) is 0 Å². The lowest BCUT2D eigenvalue weighted by molar-refractivity contribution is 0.102. The van der Waals surface area contributed by atoms with Crippen molar-refractivity contribution in [2.75, 3.05) is 7.11 Å². The minimum Gasteiger partial charge on any atom is -0.507 e. The number of allylic oxidation sites excluding steroid dienone is 2. The van der Waals surface area contributed by atoms with Crippen molar-refractivity contribution in [3.8, 4) is 5.75 Å². The Bertz CT molecular complexity index is 1410. The number of rotatable bonds is 13. The second kappa shape index (κ2) is 14.2. The van der Waals surface area contributed by atoms with Gasteiger partial charge in [-0.2, -0.15) is 0 Å². The largest absolute Gasteiger partial charge is 0.507 e. The normalized spacial score (nSPS) is 12.7. The van der Waals surface area contributed by atoms with Crippen molar-refractivity contribution < 1.29 is 28.3 Å². The summed E-state index contributed by atoms with van der Waals surface area (Å²) in [5, 5.41) is 13.9. The summed E-state index contributed by atoms with van der Waals surface area (Å²) in [6, 6.07) is 9.27. The van der Waals surface area contributed by atoms with Crippen molar-refractivity contribution in [1.29, 1.82) is 0 Å². The van der Waals surface area contributed by atoms with E-state index < -0.39 is 28.8 Å². The Morgan fingerprint density at radius 1 is 1.13 bits per heavy atom. The third kappa shape index (κ3) is 8.21. The maximum atomic E-state index is 13.1. The predicted molar refractivity (Wildman–Crippen MR) is 151 cm³/mol. The van der Waals surface area contributed by atoms with Gasteiger partial charge in [0.1, 0.15) is 28.4 Å². The average Bonchev–Trinajstić information content (AvgIpc) is 3.31. The van der Waals surface area contributed by atoms with E-state index in [1.54, 1.807) is 19.1 Å². The number of ketones is 1. The van der Waals surface area contributed by atoms with Gasteiger partial charge in [0.05, 0.1) is 7.11 Å². The number of unbranched alkanes of at least 4 members (excludes halogenated alkanes) is 3. The molecule has 0 aliphatic heterocycles. The highest BCUT2D eigenvalue weighted by Crippen LogP contribution is 2.27. The molecule has 39 heavy (non-hydrogen) atoms. The quantitative estimate of drug-likeness (QED) is 0.134. The maximum Gasteiger partial charge on any atom is 0.410 e. The molecule has 1 atom stereocenters. The third-order valence-electron chi connectivity index (χ3n) is 6.57. The molecule has 0 aliphatic carbocycles. The molecule has 0 aliphatic rings. The van der Waals surface area contributed by atoms with Crippen LogP contribution in [0.1, 0.15) is 92.7 Å². The number of alkyl carbamates (subject to hydrolysis) is 1. The molecule has 0 radical (unpaired) electrons. The highest BCUT2D eigenvalue weighted by molar-refractivity contribution is 6.12. The minimum atomic E-state index is -0.894. The summed E-state index contributed by atoms with van der Waals surface area (Å²) in [6.07, 6.45) is 11.2. The molecule has 8 nitrogen and oxygen atoms in total. The number of furan rings is 1. The standard InChI is InChI=1S/C31H37NO7/c1-5-6-7-8-12-22-13-14-26-23(17-22)18-24(38-26)16-21(3)29(34)28-25(33)19-27(39-30(28)35)20(2)11-9-10-15-32-31(36)37-4/h10,13-20,33H,5-9,11-12H2,1-4H3,(H,32,36)/b15-10+,21-16+. The molecule has 2 heterocycles. The van der Waals surface area contributed by atoms with Gasteiger partial charge in [0.15, 0.2) is 5.78 Å². The molecule has 2 N–H and O–H groups in total. The van der Waals surface area contributed by atoms with Gasteiger partial charge in [-0.25, -0.2) is 9.59 Å². The van der Waals surface area contributed by atoms with E-state index in [2.05, 4.69) is 29.1 Å². The van der Waals surface area contributed by atoms with Gasteiger partial charge in [-0.05, 0) is 62.4 Å². The number of hydrogen-bond donors (Lipinski definition) is 2. The molecule has 1 aromatic carbocycles. The van der Waals surface area contributed by atoms with Gasteiger partial charge in [-0.15, -0.1) is 0 Å². The summed E-state index contributed by atoms with van der Waals surface area (Å²) in [4.78, 5) is 36.8. The third-order valence-corrected chi connectivity index (χ3v) is 6.57. The van der Waals surface area contributed by atoms with Crippen LogP contribution in [-0.2, 0) is 11.2 Å². The second-order valence-corrected chi connectivity index (χ2v) is 9.70. The molecule has 208 valence electrons. The fraction of sp³-hybridized carbons (Fsp3) is 0.387. The first-order valence-corrected chi connectivity index (χ1v) is 13.4. The van der Waals surface area contributed by atoms with E-state index in [0.29, 0.717) is 18.6 Å². The molecule has 1 amide bonds. The fourth-order valence-corrected chi connectivity index (χ4v) is 4.28. The molecule has 1 unspecified atom stereocenters. The van der Waals surface area contributed by atoms with E-state index in [0.717, 1.165) is 23.8 Å². The topological polar surface area (TPSA) is 119 Å². The van der Waals surface area contributed by atoms with Crippen LogP contribution < -0.4 is 10.9 Å². The molecule has 8 heteroatoms. The zero-order valence-corrected chi connectivity index (χ0v) is 23.0. The van der Waals surface area contributed by atoms with E-state index in [1.807, 2.05) is 19.1 Å². The molecule has 3 rings (SSSR count). The van der Waals surface area contributed by atoms with Gasteiger partial charge in [0.25, 0.3) is 0 Å². The van der Waals surface area contributed by atoms with Crippen LogP contribution in [0.5, 0.6) is 5.75 Å². The van der Waals surface area contributed by atoms with Crippen molar-refractivity contribution in [3.05, 3.63) is 81.2 Å². The van der Waals surface area contributed by atoms with E-state index in [9.17, 15) is 19.5 Å². The number of benzene rings is 1. The summed E-state index contributed by atoms with van der Waals surface area (Å²) >= 11 is 0. The van der Waals surface area contributed by atoms with Crippen LogP contribution in [0.2, 0.25) is 0 Å². The Labute approximate surface area is 228 Å². The number of Topliss-reactive ketones (excluding diaryl/α,β-unsaturated/α-hetero) is 1. The number of fused-ring (bicyclic) bond motifs is 1. The number of carbonyl (C=O) groups is 2. The molecule has 0 bridgehead atoms. The van der Waals surface area contributed by atoms with Gasteiger partial charge in [-0.1, -0.05) is 45.3 Å². The number of aryl methyl sites for hydroxylation is 1. The van der Waals surface area contributed by atoms with Crippen molar-refractivity contribution >= 4 is 28.9 Å². The zero-order chi connectivity index (χ0) is 28.4. The van der Waals surface area contributed by atoms with E-state index in [-0.39, 0.29) is 17.3 Å². The van der Waals surface area contributed by atoms with Gasteiger partial charge >= 0.3 is 11.7 Å². The van der Waals surface area contributed by atoms with Crippen molar-refractivity contribution in [1.82, 2.24) is 5.32 Å². The minimum absolute atomic E-state index is 0.209. The van der Waals surface area contributed by atoms with Crippen molar-refractivity contribution in [2.45, 2.75) is 71.6 Å². The lowest BCUT2D eigenvalue weighted by Gasteiger charge is -2.11. The van der Waals surface area contributed by atoms with Crippen LogP contribution in [0.4, 0.5) is 4.79 Å². The molecule has 3 aromatic rings. The van der Waals surface area contributed by atoms with Crippen LogP contribution in [0, 0.1) is 0 Å². The van der Waals surface area contributed by atoms with Crippen LogP contribution >= 0.6 is 0 Å². The maximum absolute atomic E-state index is 13.1. The van der Waals surface area contributed by atoms with Gasteiger partial charge < -0.3 is 18.7 Å². The highest BCUT2D eigenvalue weighted by Gasteiger charge is 2.22. The lowest BCUT2D eigenvalue weighted by atomic mass is 9.99. The van der Waals surface area contributed by atoms with Crippen LogP contribution in [-0.4, -0.2) is 24.1 Å². The molecule has 2 aromatic heterocycles. The molecule has 0 spiro atoms. The number of ether oxygens (including phenoxy) is 1. The molecular formula is C31H37NO7. The zero-order valence-electron chi connectivity index (χ0n) is 23.0. The SMILES string of the molecule is CCCCCCc1ccc2oc(/C=C(\C)C(=O)c3c(O)cc(C(C)CC/C=C/NC(=O)OC)oc3=O)cc2c1.